The van der Waals surface area contributed by atoms with Crippen LogP contribution in [0.15, 0.2) is 24.3 Å². The second-order valence-electron chi connectivity index (χ2n) is 4.21. The first-order valence-corrected chi connectivity index (χ1v) is 7.16. The predicted octanol–water partition coefficient (Wildman–Crippen LogP) is 3.75. The lowest BCUT2D eigenvalue weighted by Gasteiger charge is -2.08. The monoisotopic (exact) mass is 314 g/mol. The molecule has 0 aliphatic carbocycles. The van der Waals surface area contributed by atoms with Crippen LogP contribution in [0.2, 0.25) is 9.36 Å². The minimum Gasteiger partial charge on any atom is -0.348 e. The van der Waals surface area contributed by atoms with E-state index in [9.17, 15) is 4.79 Å². The smallest absolute Gasteiger partial charge is 0.228 e. The Bertz CT molecular complexity index is 593. The lowest BCUT2D eigenvalue weighted by molar-refractivity contribution is -0.128. The zero-order chi connectivity index (χ0) is 14.0. The van der Waals surface area contributed by atoms with Crippen LogP contribution >= 0.6 is 34.5 Å². The van der Waals surface area contributed by atoms with Gasteiger partial charge in [0.2, 0.25) is 5.91 Å². The van der Waals surface area contributed by atoms with Crippen LogP contribution in [0.1, 0.15) is 5.69 Å². The first kappa shape index (κ1) is 14.3. The molecule has 6 heteroatoms. The first-order chi connectivity index (χ1) is 8.97. The van der Waals surface area contributed by atoms with Gasteiger partial charge in [0.05, 0.1) is 12.1 Å². The average molecular weight is 315 g/mol. The Labute approximate surface area is 125 Å². The fraction of sp³-hybridized carbons (Fsp3) is 0.231. The van der Waals surface area contributed by atoms with E-state index in [0.717, 1.165) is 10.6 Å². The van der Waals surface area contributed by atoms with Gasteiger partial charge in [-0.15, -0.1) is 11.3 Å². The van der Waals surface area contributed by atoms with Crippen molar-refractivity contribution in [1.29, 1.82) is 0 Å². The number of hydrogen-bond donors (Lipinski definition) is 0. The topological polar surface area (TPSA) is 33.2 Å². The van der Waals surface area contributed by atoms with Crippen molar-refractivity contribution in [3.05, 3.63) is 39.3 Å². The minimum absolute atomic E-state index is 0.0187. The van der Waals surface area contributed by atoms with Crippen LogP contribution in [-0.2, 0) is 11.2 Å². The Balaban J connectivity index is 2.26. The highest BCUT2D eigenvalue weighted by atomic mass is 35.5. The van der Waals surface area contributed by atoms with Gasteiger partial charge in [0.15, 0.2) is 0 Å². The van der Waals surface area contributed by atoms with E-state index in [-0.39, 0.29) is 12.3 Å². The Morgan fingerprint density at radius 2 is 1.89 bits per heavy atom. The highest BCUT2D eigenvalue weighted by Gasteiger charge is 2.15. The summed E-state index contributed by atoms with van der Waals surface area (Å²) in [6.45, 7) is 0. The van der Waals surface area contributed by atoms with E-state index < -0.39 is 0 Å². The minimum atomic E-state index is -0.0187. The van der Waals surface area contributed by atoms with Crippen molar-refractivity contribution in [2.45, 2.75) is 6.42 Å². The fourth-order valence-corrected chi connectivity index (χ4v) is 2.73. The summed E-state index contributed by atoms with van der Waals surface area (Å²) in [5.74, 6) is -0.0187. The lowest BCUT2D eigenvalue weighted by atomic mass is 10.2. The molecule has 0 unspecified atom stereocenters. The molecule has 0 fully saturated rings. The molecule has 1 amide bonds. The summed E-state index contributed by atoms with van der Waals surface area (Å²) in [5.41, 5.74) is 1.56. The van der Waals surface area contributed by atoms with Crippen molar-refractivity contribution in [1.82, 2.24) is 9.88 Å². The summed E-state index contributed by atoms with van der Waals surface area (Å²) in [6.07, 6.45) is 0.218. The molecule has 1 aromatic carbocycles. The van der Waals surface area contributed by atoms with Crippen molar-refractivity contribution in [3.8, 4) is 10.6 Å². The highest BCUT2D eigenvalue weighted by Crippen LogP contribution is 2.32. The van der Waals surface area contributed by atoms with Crippen molar-refractivity contribution in [2.24, 2.45) is 0 Å². The number of carbonyl (C=O) groups is 1. The van der Waals surface area contributed by atoms with Crippen LogP contribution in [0.3, 0.4) is 0 Å². The predicted molar refractivity (Wildman–Crippen MR) is 80.0 cm³/mol. The third-order valence-corrected chi connectivity index (χ3v) is 4.20. The molecular weight excluding hydrogens is 303 g/mol. The fourth-order valence-electron chi connectivity index (χ4n) is 1.46. The van der Waals surface area contributed by atoms with Crippen molar-refractivity contribution in [2.75, 3.05) is 14.1 Å². The SMILES string of the molecule is CN(C)C(=O)Cc1nc(-c2ccc(Cl)cc2)sc1Cl. The maximum atomic E-state index is 11.7. The third-order valence-electron chi connectivity index (χ3n) is 2.56. The molecule has 0 radical (unpaired) electrons. The summed E-state index contributed by atoms with van der Waals surface area (Å²) in [4.78, 5) is 17.6. The summed E-state index contributed by atoms with van der Waals surface area (Å²) >= 11 is 13.3. The van der Waals surface area contributed by atoms with Crippen LogP contribution in [0.25, 0.3) is 10.6 Å². The number of likely N-dealkylation sites (N-methyl/N-ethyl adjacent to an activating group) is 1. The summed E-state index contributed by atoms with van der Waals surface area (Å²) in [7, 11) is 3.42. The van der Waals surface area contributed by atoms with Gasteiger partial charge in [-0.25, -0.2) is 4.98 Å². The molecule has 0 aliphatic rings. The molecule has 1 aromatic heterocycles. The Kier molecular flexibility index (Phi) is 4.45. The van der Waals surface area contributed by atoms with Crippen LogP contribution < -0.4 is 0 Å². The normalized spacial score (nSPS) is 10.5. The van der Waals surface area contributed by atoms with E-state index in [0.29, 0.717) is 15.1 Å². The van der Waals surface area contributed by atoms with E-state index in [1.165, 1.54) is 16.2 Å². The van der Waals surface area contributed by atoms with E-state index in [4.69, 9.17) is 23.2 Å². The Morgan fingerprint density at radius 3 is 2.47 bits per heavy atom. The average Bonchev–Trinajstić information content (AvgIpc) is 2.71. The Hall–Kier alpha value is -1.10. The zero-order valence-corrected chi connectivity index (χ0v) is 12.8. The Morgan fingerprint density at radius 1 is 1.26 bits per heavy atom. The number of hydrogen-bond acceptors (Lipinski definition) is 3. The van der Waals surface area contributed by atoms with Crippen molar-refractivity contribution < 1.29 is 4.79 Å². The van der Waals surface area contributed by atoms with Crippen molar-refractivity contribution in [3.63, 3.8) is 0 Å². The van der Waals surface area contributed by atoms with E-state index >= 15 is 0 Å². The van der Waals surface area contributed by atoms with Gasteiger partial charge >= 0.3 is 0 Å². The van der Waals surface area contributed by atoms with Gasteiger partial charge in [0.1, 0.15) is 9.34 Å². The summed E-state index contributed by atoms with van der Waals surface area (Å²) < 4.78 is 0.556. The maximum Gasteiger partial charge on any atom is 0.228 e. The molecule has 2 rings (SSSR count). The molecule has 0 saturated carbocycles. The molecule has 0 bridgehead atoms. The summed E-state index contributed by atoms with van der Waals surface area (Å²) in [5, 5.41) is 1.47. The number of amides is 1. The van der Waals surface area contributed by atoms with Crippen LogP contribution in [0.4, 0.5) is 0 Å². The number of aromatic nitrogens is 1. The molecule has 3 nitrogen and oxygen atoms in total. The quantitative estimate of drug-likeness (QED) is 0.864. The number of rotatable bonds is 3. The first-order valence-electron chi connectivity index (χ1n) is 5.58. The molecule has 2 aromatic rings. The van der Waals surface area contributed by atoms with Gasteiger partial charge in [0, 0.05) is 24.7 Å². The van der Waals surface area contributed by atoms with Gasteiger partial charge in [-0.1, -0.05) is 35.3 Å². The molecule has 0 atom stereocenters. The number of benzene rings is 1. The standard InChI is InChI=1S/C13H12Cl2N2OS/c1-17(2)11(18)7-10-12(15)19-13(16-10)8-3-5-9(14)6-4-8/h3-6H,7H2,1-2H3. The second-order valence-corrected chi connectivity index (χ2v) is 6.25. The molecule has 0 N–H and O–H groups in total. The second kappa shape index (κ2) is 5.90. The number of carbonyl (C=O) groups excluding carboxylic acids is 1. The van der Waals surface area contributed by atoms with Crippen LogP contribution in [-0.4, -0.2) is 29.9 Å². The van der Waals surface area contributed by atoms with Gasteiger partial charge in [0.25, 0.3) is 0 Å². The third kappa shape index (κ3) is 3.47. The molecule has 1 heterocycles. The molecule has 0 spiro atoms. The maximum absolute atomic E-state index is 11.7. The number of thiazole rings is 1. The molecule has 0 saturated heterocycles. The van der Waals surface area contributed by atoms with Crippen molar-refractivity contribution >= 4 is 40.4 Å². The van der Waals surface area contributed by atoms with Crippen LogP contribution in [0, 0.1) is 0 Å². The molecular formula is C13H12Cl2N2OS. The van der Waals surface area contributed by atoms with Gasteiger partial charge in [-0.05, 0) is 12.1 Å². The number of halogens is 2. The van der Waals surface area contributed by atoms with Gasteiger partial charge in [-0.3, -0.25) is 4.79 Å². The molecule has 0 aliphatic heterocycles. The molecule has 100 valence electrons. The lowest BCUT2D eigenvalue weighted by Crippen LogP contribution is -2.23. The largest absolute Gasteiger partial charge is 0.348 e. The molecule has 19 heavy (non-hydrogen) atoms. The summed E-state index contributed by atoms with van der Waals surface area (Å²) in [6, 6.07) is 7.37. The van der Waals surface area contributed by atoms with E-state index in [1.54, 1.807) is 26.2 Å². The van der Waals surface area contributed by atoms with Gasteiger partial charge in [-0.2, -0.15) is 0 Å². The van der Waals surface area contributed by atoms with E-state index in [2.05, 4.69) is 4.98 Å². The number of nitrogens with zero attached hydrogens (tertiary/aromatic N) is 2. The van der Waals surface area contributed by atoms with Crippen LogP contribution in [0.5, 0.6) is 0 Å². The van der Waals surface area contributed by atoms with E-state index in [1.807, 2.05) is 12.1 Å². The zero-order valence-electron chi connectivity index (χ0n) is 10.5. The highest BCUT2D eigenvalue weighted by molar-refractivity contribution is 7.19. The van der Waals surface area contributed by atoms with Gasteiger partial charge < -0.3 is 4.90 Å².